The zero-order valence-electron chi connectivity index (χ0n) is 9.90. The number of carbonyl (C=O) groups excluding carboxylic acids is 1. The molecule has 3 nitrogen and oxygen atoms in total. The van der Waals surface area contributed by atoms with Crippen LogP contribution in [0.5, 0.6) is 0 Å². The molecule has 4 heteroatoms. The van der Waals surface area contributed by atoms with Gasteiger partial charge in [-0.1, -0.05) is 6.92 Å². The molecule has 2 unspecified atom stereocenters. The van der Waals surface area contributed by atoms with Crippen molar-refractivity contribution in [2.45, 2.75) is 19.9 Å². The number of alkyl halides is 1. The number of carbonyl (C=O) groups is 1. The topological polar surface area (TPSA) is 52.9 Å². The van der Waals surface area contributed by atoms with Crippen LogP contribution in [-0.2, 0) is 0 Å². The first-order valence-corrected chi connectivity index (χ1v) is 5.99. The van der Waals surface area contributed by atoms with Crippen LogP contribution in [0.1, 0.15) is 29.8 Å². The van der Waals surface area contributed by atoms with Crippen molar-refractivity contribution in [3.63, 3.8) is 0 Å². The molecular formula is C13H15ClN2O. The maximum atomic E-state index is 11.8. The molecular weight excluding hydrogens is 236 g/mol. The summed E-state index contributed by atoms with van der Waals surface area (Å²) in [5.41, 5.74) is 1.10. The van der Waals surface area contributed by atoms with Gasteiger partial charge in [0.1, 0.15) is 0 Å². The van der Waals surface area contributed by atoms with Crippen molar-refractivity contribution < 1.29 is 4.79 Å². The number of benzene rings is 1. The van der Waals surface area contributed by atoms with Gasteiger partial charge in [0, 0.05) is 17.5 Å². The number of halogens is 1. The fourth-order valence-corrected chi connectivity index (χ4v) is 1.53. The van der Waals surface area contributed by atoms with Crippen LogP contribution in [0.15, 0.2) is 24.3 Å². The van der Waals surface area contributed by atoms with Crippen LogP contribution in [0.25, 0.3) is 0 Å². The largest absolute Gasteiger partial charge is 0.349 e. The molecule has 0 bridgehead atoms. The van der Waals surface area contributed by atoms with E-state index in [4.69, 9.17) is 16.9 Å². The summed E-state index contributed by atoms with van der Waals surface area (Å²) in [6.45, 7) is 3.91. The predicted octanol–water partition coefficient (Wildman–Crippen LogP) is 2.55. The zero-order valence-corrected chi connectivity index (χ0v) is 10.7. The lowest BCUT2D eigenvalue weighted by atomic mass is 10.1. The SMILES string of the molecule is CC(CCl)C(C)NC(=O)c1ccc(C#N)cc1. The normalized spacial score (nSPS) is 13.5. The molecule has 1 amide bonds. The number of rotatable bonds is 4. The average molecular weight is 251 g/mol. The van der Waals surface area contributed by atoms with Crippen molar-refractivity contribution in [2.75, 3.05) is 5.88 Å². The van der Waals surface area contributed by atoms with Gasteiger partial charge in [0.15, 0.2) is 0 Å². The Morgan fingerprint density at radius 2 is 2.00 bits per heavy atom. The Morgan fingerprint density at radius 1 is 1.41 bits per heavy atom. The van der Waals surface area contributed by atoms with Crippen LogP contribution in [0, 0.1) is 17.2 Å². The highest BCUT2D eigenvalue weighted by molar-refractivity contribution is 6.18. The van der Waals surface area contributed by atoms with Gasteiger partial charge in [0.2, 0.25) is 0 Å². The van der Waals surface area contributed by atoms with Gasteiger partial charge in [0.05, 0.1) is 11.6 Å². The van der Waals surface area contributed by atoms with Crippen molar-refractivity contribution in [3.05, 3.63) is 35.4 Å². The van der Waals surface area contributed by atoms with E-state index in [0.717, 1.165) is 0 Å². The first-order valence-electron chi connectivity index (χ1n) is 5.45. The number of hydrogen-bond acceptors (Lipinski definition) is 2. The molecule has 0 aromatic heterocycles. The number of hydrogen-bond donors (Lipinski definition) is 1. The third-order valence-corrected chi connectivity index (χ3v) is 3.22. The van der Waals surface area contributed by atoms with Gasteiger partial charge in [-0.15, -0.1) is 11.6 Å². The van der Waals surface area contributed by atoms with Crippen molar-refractivity contribution in [3.8, 4) is 6.07 Å². The molecule has 0 aliphatic heterocycles. The van der Waals surface area contributed by atoms with Gasteiger partial charge in [-0.3, -0.25) is 4.79 Å². The molecule has 0 saturated carbocycles. The molecule has 0 aliphatic carbocycles. The van der Waals surface area contributed by atoms with Crippen LogP contribution in [0.4, 0.5) is 0 Å². The van der Waals surface area contributed by atoms with E-state index in [0.29, 0.717) is 17.0 Å². The summed E-state index contributed by atoms with van der Waals surface area (Å²) < 4.78 is 0. The quantitative estimate of drug-likeness (QED) is 0.835. The van der Waals surface area contributed by atoms with E-state index in [1.807, 2.05) is 19.9 Å². The van der Waals surface area contributed by atoms with E-state index in [-0.39, 0.29) is 17.9 Å². The fourth-order valence-electron chi connectivity index (χ4n) is 1.26. The molecule has 0 radical (unpaired) electrons. The minimum absolute atomic E-state index is 0.0237. The van der Waals surface area contributed by atoms with E-state index >= 15 is 0 Å². The van der Waals surface area contributed by atoms with Crippen LogP contribution >= 0.6 is 11.6 Å². The maximum Gasteiger partial charge on any atom is 0.251 e. The van der Waals surface area contributed by atoms with E-state index in [1.54, 1.807) is 24.3 Å². The van der Waals surface area contributed by atoms with Gasteiger partial charge < -0.3 is 5.32 Å². The van der Waals surface area contributed by atoms with Gasteiger partial charge in [-0.05, 0) is 37.1 Å². The second kappa shape index (κ2) is 6.27. The standard InChI is InChI=1S/C13H15ClN2O/c1-9(7-14)10(2)16-13(17)12-5-3-11(8-15)4-6-12/h3-6,9-10H,7H2,1-2H3,(H,16,17). The molecule has 90 valence electrons. The Morgan fingerprint density at radius 3 is 2.47 bits per heavy atom. The molecule has 1 N–H and O–H groups in total. The lowest BCUT2D eigenvalue weighted by Gasteiger charge is -2.19. The second-order valence-corrected chi connectivity index (χ2v) is 4.39. The number of nitrogens with one attached hydrogen (secondary N) is 1. The summed E-state index contributed by atoms with van der Waals surface area (Å²) in [7, 11) is 0. The van der Waals surface area contributed by atoms with E-state index < -0.39 is 0 Å². The van der Waals surface area contributed by atoms with Crippen molar-refractivity contribution in [1.82, 2.24) is 5.32 Å². The Hall–Kier alpha value is -1.53. The van der Waals surface area contributed by atoms with Crippen molar-refractivity contribution in [1.29, 1.82) is 5.26 Å². The number of nitriles is 1. The predicted molar refractivity (Wildman–Crippen MR) is 68.0 cm³/mol. The monoisotopic (exact) mass is 250 g/mol. The summed E-state index contributed by atoms with van der Waals surface area (Å²) in [5.74, 6) is 0.590. The van der Waals surface area contributed by atoms with Crippen LogP contribution < -0.4 is 5.32 Å². The molecule has 17 heavy (non-hydrogen) atoms. The summed E-state index contributed by atoms with van der Waals surface area (Å²) in [6.07, 6.45) is 0. The molecule has 0 aliphatic rings. The summed E-state index contributed by atoms with van der Waals surface area (Å²) in [6, 6.07) is 8.58. The Labute approximate surface area is 106 Å². The number of nitrogens with zero attached hydrogens (tertiary/aromatic N) is 1. The molecule has 1 aromatic carbocycles. The Balaban J connectivity index is 2.67. The van der Waals surface area contributed by atoms with Crippen molar-refractivity contribution in [2.24, 2.45) is 5.92 Å². The molecule has 1 rings (SSSR count). The third kappa shape index (κ3) is 3.76. The minimum atomic E-state index is -0.140. The Kier molecular flexibility index (Phi) is 4.99. The highest BCUT2D eigenvalue weighted by Gasteiger charge is 2.14. The van der Waals surface area contributed by atoms with Gasteiger partial charge in [0.25, 0.3) is 5.91 Å². The summed E-state index contributed by atoms with van der Waals surface area (Å²) in [5, 5.41) is 11.5. The van der Waals surface area contributed by atoms with Gasteiger partial charge in [-0.25, -0.2) is 0 Å². The van der Waals surface area contributed by atoms with Crippen LogP contribution in [-0.4, -0.2) is 17.8 Å². The molecule has 1 aromatic rings. The van der Waals surface area contributed by atoms with Gasteiger partial charge >= 0.3 is 0 Å². The molecule has 0 heterocycles. The van der Waals surface area contributed by atoms with Crippen LogP contribution in [0.3, 0.4) is 0 Å². The average Bonchev–Trinajstić information content (AvgIpc) is 2.37. The second-order valence-electron chi connectivity index (χ2n) is 4.08. The van der Waals surface area contributed by atoms with Crippen LogP contribution in [0.2, 0.25) is 0 Å². The minimum Gasteiger partial charge on any atom is -0.349 e. The summed E-state index contributed by atoms with van der Waals surface area (Å²) >= 11 is 5.73. The van der Waals surface area contributed by atoms with Crippen molar-refractivity contribution >= 4 is 17.5 Å². The molecule has 0 fully saturated rings. The maximum absolute atomic E-state index is 11.8. The third-order valence-electron chi connectivity index (χ3n) is 2.73. The highest BCUT2D eigenvalue weighted by Crippen LogP contribution is 2.07. The lowest BCUT2D eigenvalue weighted by molar-refractivity contribution is 0.0931. The van der Waals surface area contributed by atoms with E-state index in [9.17, 15) is 4.79 Å². The smallest absolute Gasteiger partial charge is 0.251 e. The first kappa shape index (κ1) is 13.5. The van der Waals surface area contributed by atoms with E-state index in [1.165, 1.54) is 0 Å². The fraction of sp³-hybridized carbons (Fsp3) is 0.385. The Bertz CT molecular complexity index is 422. The zero-order chi connectivity index (χ0) is 12.8. The number of amides is 1. The first-order chi connectivity index (χ1) is 8.08. The van der Waals surface area contributed by atoms with E-state index in [2.05, 4.69) is 5.32 Å². The molecule has 0 spiro atoms. The molecule has 0 saturated heterocycles. The highest BCUT2D eigenvalue weighted by atomic mass is 35.5. The molecule has 2 atom stereocenters. The summed E-state index contributed by atoms with van der Waals surface area (Å²) in [4.78, 5) is 11.8. The van der Waals surface area contributed by atoms with Gasteiger partial charge in [-0.2, -0.15) is 5.26 Å². The lowest BCUT2D eigenvalue weighted by Crippen LogP contribution is -2.37.